The van der Waals surface area contributed by atoms with Crippen molar-refractivity contribution in [2.24, 2.45) is 0 Å². The Kier molecular flexibility index (Phi) is 6.70. The molecule has 1 fully saturated rings. The van der Waals surface area contributed by atoms with Crippen molar-refractivity contribution in [1.29, 1.82) is 0 Å². The summed E-state index contributed by atoms with van der Waals surface area (Å²) < 4.78 is 41.2. The van der Waals surface area contributed by atoms with Gasteiger partial charge in [0.15, 0.2) is 11.5 Å². The maximum absolute atomic E-state index is 14.9. The fourth-order valence-electron chi connectivity index (χ4n) is 4.19. The van der Waals surface area contributed by atoms with Gasteiger partial charge in [-0.2, -0.15) is 0 Å². The standard InChI is InChI=1S/C26H26ClFN2O4S2/c1-25(2,3)36(32)30-24(17-6-5-16(27)11-18(17)28)21-13-29-23(35-21)12-22(31)26(8-9-26)15-4-7-19-20(10-15)34-14-33-19/h4-7,10-11,13,24,30H,8-9,12,14H2,1-3H3/t24-,36+/m0/s1. The smallest absolute Gasteiger partial charge is 0.231 e. The Balaban J connectivity index is 1.39. The lowest BCUT2D eigenvalue weighted by atomic mass is 9.89. The summed E-state index contributed by atoms with van der Waals surface area (Å²) in [5.74, 6) is 0.931. The monoisotopic (exact) mass is 548 g/mol. The number of hydrogen-bond donors (Lipinski definition) is 1. The quantitative estimate of drug-likeness (QED) is 0.394. The van der Waals surface area contributed by atoms with Gasteiger partial charge >= 0.3 is 0 Å². The number of fused-ring (bicyclic) bond motifs is 1. The van der Waals surface area contributed by atoms with Crippen molar-refractivity contribution >= 4 is 39.7 Å². The molecule has 2 aliphatic rings. The SMILES string of the molecule is CC(C)(C)[S@@](=O)N[C@H](c1cnc(CC(=O)C2(c3ccc4c(c3)OCO4)CC2)s1)c1ccc(Cl)cc1F. The first kappa shape index (κ1) is 25.3. The van der Waals surface area contributed by atoms with Gasteiger partial charge < -0.3 is 9.47 Å². The number of nitrogens with one attached hydrogen (secondary N) is 1. The van der Waals surface area contributed by atoms with Crippen LogP contribution >= 0.6 is 22.9 Å². The van der Waals surface area contributed by atoms with E-state index < -0.39 is 33.0 Å². The van der Waals surface area contributed by atoms with Crippen LogP contribution in [0.4, 0.5) is 4.39 Å². The highest BCUT2D eigenvalue weighted by atomic mass is 35.5. The van der Waals surface area contributed by atoms with Crippen molar-refractivity contribution < 1.29 is 22.9 Å². The van der Waals surface area contributed by atoms with E-state index in [4.69, 9.17) is 21.1 Å². The number of thiazole rings is 1. The van der Waals surface area contributed by atoms with Crippen LogP contribution in [-0.2, 0) is 27.6 Å². The van der Waals surface area contributed by atoms with Crippen LogP contribution in [0.2, 0.25) is 5.02 Å². The molecule has 1 N–H and O–H groups in total. The molecule has 3 aromatic rings. The van der Waals surface area contributed by atoms with Gasteiger partial charge in [-0.15, -0.1) is 11.3 Å². The lowest BCUT2D eigenvalue weighted by molar-refractivity contribution is -0.120. The predicted octanol–water partition coefficient (Wildman–Crippen LogP) is 5.65. The Labute approximate surface area is 220 Å². The summed E-state index contributed by atoms with van der Waals surface area (Å²) in [5, 5.41) is 0.908. The lowest BCUT2D eigenvalue weighted by Gasteiger charge is -2.24. The molecule has 2 aromatic carbocycles. The second-order valence-electron chi connectivity index (χ2n) is 10.0. The number of ketones is 1. The molecule has 0 spiro atoms. The molecular formula is C26H26ClFN2O4S2. The summed E-state index contributed by atoms with van der Waals surface area (Å²) in [5.41, 5.74) is 0.704. The van der Waals surface area contributed by atoms with Gasteiger partial charge in [0.2, 0.25) is 6.79 Å². The van der Waals surface area contributed by atoms with E-state index in [0.29, 0.717) is 26.9 Å². The van der Waals surface area contributed by atoms with Gasteiger partial charge in [0.05, 0.1) is 33.6 Å². The lowest BCUT2D eigenvalue weighted by Crippen LogP contribution is -2.36. The Morgan fingerprint density at radius 3 is 2.67 bits per heavy atom. The van der Waals surface area contributed by atoms with Crippen LogP contribution < -0.4 is 14.2 Å². The molecule has 0 radical (unpaired) electrons. The van der Waals surface area contributed by atoms with Crippen LogP contribution in [0, 0.1) is 5.82 Å². The Morgan fingerprint density at radius 2 is 1.97 bits per heavy atom. The van der Waals surface area contributed by atoms with Gasteiger partial charge in [-0.05, 0) is 63.4 Å². The molecule has 1 saturated carbocycles. The number of aromatic nitrogens is 1. The zero-order valence-electron chi connectivity index (χ0n) is 20.1. The first-order valence-electron chi connectivity index (χ1n) is 11.6. The van der Waals surface area contributed by atoms with Gasteiger partial charge in [-0.3, -0.25) is 4.79 Å². The van der Waals surface area contributed by atoms with E-state index in [9.17, 15) is 13.4 Å². The van der Waals surface area contributed by atoms with Crippen molar-refractivity contribution in [3.05, 3.63) is 74.4 Å². The van der Waals surface area contributed by atoms with Crippen LogP contribution in [0.5, 0.6) is 11.5 Å². The largest absolute Gasteiger partial charge is 0.454 e. The first-order valence-corrected chi connectivity index (χ1v) is 13.9. The Hall–Kier alpha value is -2.33. The minimum Gasteiger partial charge on any atom is -0.454 e. The first-order chi connectivity index (χ1) is 17.1. The Bertz CT molecular complexity index is 1350. The highest BCUT2D eigenvalue weighted by molar-refractivity contribution is 7.84. The average Bonchev–Trinajstić information content (AvgIpc) is 3.28. The van der Waals surface area contributed by atoms with E-state index >= 15 is 0 Å². The van der Waals surface area contributed by atoms with Gasteiger partial charge in [-0.25, -0.2) is 18.3 Å². The summed E-state index contributed by atoms with van der Waals surface area (Å²) >= 11 is 7.27. The number of halogens is 2. The number of carbonyl (C=O) groups excluding carboxylic acids is 1. The summed E-state index contributed by atoms with van der Waals surface area (Å²) in [4.78, 5) is 18.6. The third-order valence-electron chi connectivity index (χ3n) is 6.43. The molecule has 1 aromatic heterocycles. The third-order valence-corrected chi connectivity index (χ3v) is 9.29. The number of benzene rings is 2. The maximum Gasteiger partial charge on any atom is 0.231 e. The van der Waals surface area contributed by atoms with Gasteiger partial charge in [0.25, 0.3) is 0 Å². The molecular weight excluding hydrogens is 523 g/mol. The fraction of sp³-hybridized carbons (Fsp3) is 0.385. The van der Waals surface area contributed by atoms with Crippen molar-refractivity contribution in [2.75, 3.05) is 6.79 Å². The molecule has 1 aliphatic carbocycles. The molecule has 0 saturated heterocycles. The number of rotatable bonds is 8. The van der Waals surface area contributed by atoms with Crippen LogP contribution in [-0.4, -0.2) is 26.5 Å². The maximum atomic E-state index is 14.9. The fourth-order valence-corrected chi connectivity index (χ4v) is 6.23. The molecule has 10 heteroatoms. The molecule has 5 rings (SSSR count). The molecule has 1 aliphatic heterocycles. The van der Waals surface area contributed by atoms with Crippen LogP contribution in [0.3, 0.4) is 0 Å². The molecule has 6 nitrogen and oxygen atoms in total. The third kappa shape index (κ3) is 4.94. The zero-order chi connectivity index (χ0) is 25.7. The molecule has 0 amide bonds. The van der Waals surface area contributed by atoms with E-state index in [1.807, 2.05) is 39.0 Å². The van der Waals surface area contributed by atoms with Crippen LogP contribution in [0.25, 0.3) is 0 Å². The number of ether oxygens (including phenoxy) is 2. The average molecular weight is 549 g/mol. The zero-order valence-corrected chi connectivity index (χ0v) is 22.5. The second-order valence-corrected chi connectivity index (χ2v) is 13.6. The molecule has 190 valence electrons. The summed E-state index contributed by atoms with van der Waals surface area (Å²) in [6.07, 6.45) is 3.33. The van der Waals surface area contributed by atoms with E-state index in [0.717, 1.165) is 18.4 Å². The topological polar surface area (TPSA) is 77.5 Å². The van der Waals surface area contributed by atoms with Gasteiger partial charge in [0, 0.05) is 21.7 Å². The number of carbonyl (C=O) groups is 1. The van der Waals surface area contributed by atoms with Crippen molar-refractivity contribution in [3.63, 3.8) is 0 Å². The molecule has 2 atom stereocenters. The minimum atomic E-state index is -1.47. The highest BCUT2D eigenvalue weighted by Crippen LogP contribution is 2.51. The van der Waals surface area contributed by atoms with Crippen LogP contribution in [0.15, 0.2) is 42.6 Å². The Morgan fingerprint density at radius 1 is 1.22 bits per heavy atom. The molecule has 2 heterocycles. The number of Topliss-reactive ketones (excluding diaryl/α,β-unsaturated/α-hetero) is 1. The van der Waals surface area contributed by atoms with E-state index in [1.54, 1.807) is 18.3 Å². The minimum absolute atomic E-state index is 0.0858. The van der Waals surface area contributed by atoms with E-state index in [2.05, 4.69) is 9.71 Å². The van der Waals surface area contributed by atoms with E-state index in [-0.39, 0.29) is 24.0 Å². The molecule has 0 unspecified atom stereocenters. The van der Waals surface area contributed by atoms with Crippen LogP contribution in [0.1, 0.15) is 60.7 Å². The van der Waals surface area contributed by atoms with Gasteiger partial charge in [-0.1, -0.05) is 23.7 Å². The molecule has 36 heavy (non-hydrogen) atoms. The summed E-state index contributed by atoms with van der Waals surface area (Å²) in [6, 6.07) is 9.38. The number of nitrogens with zero attached hydrogens (tertiary/aromatic N) is 1. The van der Waals surface area contributed by atoms with Crippen molar-refractivity contribution in [3.8, 4) is 11.5 Å². The van der Waals surface area contributed by atoms with Crippen molar-refractivity contribution in [2.45, 2.75) is 56.2 Å². The summed E-state index contributed by atoms with van der Waals surface area (Å²) in [7, 11) is -1.47. The molecule has 0 bridgehead atoms. The number of hydrogen-bond acceptors (Lipinski definition) is 6. The van der Waals surface area contributed by atoms with Crippen molar-refractivity contribution in [1.82, 2.24) is 9.71 Å². The summed E-state index contributed by atoms with van der Waals surface area (Å²) in [6.45, 7) is 5.71. The second kappa shape index (κ2) is 9.52. The van der Waals surface area contributed by atoms with E-state index in [1.165, 1.54) is 17.4 Å². The predicted molar refractivity (Wildman–Crippen MR) is 139 cm³/mol. The highest BCUT2D eigenvalue weighted by Gasteiger charge is 2.51. The normalized spacial score (nSPS) is 17.6. The van der Waals surface area contributed by atoms with Gasteiger partial charge in [0.1, 0.15) is 16.6 Å².